The molecule has 0 spiro atoms. The summed E-state index contributed by atoms with van der Waals surface area (Å²) in [5.74, 6) is 0. The number of benzene rings is 1. The normalized spacial score (nSPS) is 12.1. The summed E-state index contributed by atoms with van der Waals surface area (Å²) in [5, 5.41) is 12.3. The Balaban J connectivity index is 2.71. The van der Waals surface area contributed by atoms with Crippen molar-refractivity contribution in [3.63, 3.8) is 0 Å². The summed E-state index contributed by atoms with van der Waals surface area (Å²) in [6, 6.07) is 8.05. The molecular formula is C12H19N2O+. The summed E-state index contributed by atoms with van der Waals surface area (Å²) < 4.78 is 0. The van der Waals surface area contributed by atoms with Gasteiger partial charge in [-0.2, -0.15) is 0 Å². The van der Waals surface area contributed by atoms with Gasteiger partial charge >= 0.3 is 0 Å². The van der Waals surface area contributed by atoms with E-state index in [2.05, 4.69) is 19.3 Å². The summed E-state index contributed by atoms with van der Waals surface area (Å²) in [7, 11) is 4.17. The third-order valence-corrected chi connectivity index (χ3v) is 2.37. The fourth-order valence-electron chi connectivity index (χ4n) is 1.37. The molecule has 1 aromatic rings. The monoisotopic (exact) mass is 207 g/mol. The number of nitrogens with zero attached hydrogens (tertiary/aromatic N) is 1. The van der Waals surface area contributed by atoms with Crippen molar-refractivity contribution in [3.8, 4) is 0 Å². The molecule has 0 amide bonds. The minimum absolute atomic E-state index is 0.760. The van der Waals surface area contributed by atoms with Crippen LogP contribution in [0.2, 0.25) is 0 Å². The molecule has 0 unspecified atom stereocenters. The lowest BCUT2D eigenvalue weighted by Gasteiger charge is -2.08. The van der Waals surface area contributed by atoms with E-state index in [0.29, 0.717) is 0 Å². The van der Waals surface area contributed by atoms with Crippen molar-refractivity contribution < 1.29 is 10.1 Å². The molecule has 0 aliphatic heterocycles. The van der Waals surface area contributed by atoms with Gasteiger partial charge < -0.3 is 10.1 Å². The predicted octanol–water partition coefficient (Wildman–Crippen LogP) is 0.708. The highest BCUT2D eigenvalue weighted by atomic mass is 16.4. The van der Waals surface area contributed by atoms with E-state index in [4.69, 9.17) is 5.21 Å². The zero-order chi connectivity index (χ0) is 11.3. The number of quaternary nitrogens is 1. The van der Waals surface area contributed by atoms with Crippen LogP contribution < -0.4 is 4.90 Å². The smallest absolute Gasteiger partial charge is 0.0923 e. The van der Waals surface area contributed by atoms with E-state index in [9.17, 15) is 0 Å². The Bertz CT molecular complexity index is 328. The van der Waals surface area contributed by atoms with Crippen LogP contribution in [0.4, 0.5) is 0 Å². The Morgan fingerprint density at radius 2 is 1.87 bits per heavy atom. The van der Waals surface area contributed by atoms with Crippen LogP contribution >= 0.6 is 0 Å². The van der Waals surface area contributed by atoms with E-state index in [1.54, 1.807) is 0 Å². The van der Waals surface area contributed by atoms with Gasteiger partial charge in [0, 0.05) is 6.42 Å². The molecule has 0 aromatic heterocycles. The van der Waals surface area contributed by atoms with Crippen LogP contribution in [-0.4, -0.2) is 31.6 Å². The Labute approximate surface area is 91.0 Å². The lowest BCUT2D eigenvalue weighted by Crippen LogP contribution is -3.05. The quantitative estimate of drug-likeness (QED) is 0.426. The molecule has 0 atom stereocenters. The molecule has 3 nitrogen and oxygen atoms in total. The topological polar surface area (TPSA) is 37.0 Å². The van der Waals surface area contributed by atoms with Crippen LogP contribution in [0.3, 0.4) is 0 Å². The maximum absolute atomic E-state index is 8.94. The van der Waals surface area contributed by atoms with Gasteiger partial charge in [-0.15, -0.1) is 0 Å². The number of hydrogen-bond donors (Lipinski definition) is 2. The molecule has 1 aromatic carbocycles. The van der Waals surface area contributed by atoms with Gasteiger partial charge in [-0.3, -0.25) is 0 Å². The standard InChI is InChI=1S/C12H18N2O/c1-10-4-6-11(7-5-10)12(13-15)8-9-14(2)3/h4-7,15H,8-9H2,1-3H3/p+1/b13-12+. The fourth-order valence-corrected chi connectivity index (χ4v) is 1.37. The van der Waals surface area contributed by atoms with Gasteiger partial charge in [0.15, 0.2) is 0 Å². The molecule has 82 valence electrons. The summed E-state index contributed by atoms with van der Waals surface area (Å²) >= 11 is 0. The van der Waals surface area contributed by atoms with Crippen LogP contribution in [0.5, 0.6) is 0 Å². The highest BCUT2D eigenvalue weighted by Gasteiger charge is 2.06. The first-order chi connectivity index (χ1) is 7.13. The van der Waals surface area contributed by atoms with Gasteiger partial charge in [0.25, 0.3) is 0 Å². The average molecular weight is 207 g/mol. The molecule has 0 aliphatic carbocycles. The highest BCUT2D eigenvalue weighted by Crippen LogP contribution is 2.06. The number of nitrogens with one attached hydrogen (secondary N) is 1. The van der Waals surface area contributed by atoms with Gasteiger partial charge in [0.2, 0.25) is 0 Å². The summed E-state index contributed by atoms with van der Waals surface area (Å²) in [4.78, 5) is 1.35. The molecule has 0 bridgehead atoms. The molecule has 15 heavy (non-hydrogen) atoms. The average Bonchev–Trinajstić information content (AvgIpc) is 2.21. The lowest BCUT2D eigenvalue weighted by atomic mass is 10.1. The van der Waals surface area contributed by atoms with Gasteiger partial charge in [-0.25, -0.2) is 0 Å². The molecule has 0 heterocycles. The second-order valence-electron chi connectivity index (χ2n) is 4.12. The van der Waals surface area contributed by atoms with Crippen LogP contribution in [0.15, 0.2) is 29.4 Å². The van der Waals surface area contributed by atoms with E-state index >= 15 is 0 Å². The second-order valence-corrected chi connectivity index (χ2v) is 4.12. The molecule has 0 aliphatic rings. The lowest BCUT2D eigenvalue weighted by molar-refractivity contribution is -0.857. The predicted molar refractivity (Wildman–Crippen MR) is 61.8 cm³/mol. The Morgan fingerprint density at radius 1 is 1.27 bits per heavy atom. The largest absolute Gasteiger partial charge is 0.411 e. The first-order valence-corrected chi connectivity index (χ1v) is 5.20. The van der Waals surface area contributed by atoms with Crippen LogP contribution in [0, 0.1) is 6.92 Å². The van der Waals surface area contributed by atoms with Gasteiger partial charge in [-0.05, 0) is 12.5 Å². The molecule has 2 N–H and O–H groups in total. The van der Waals surface area contributed by atoms with E-state index in [-0.39, 0.29) is 0 Å². The van der Waals surface area contributed by atoms with Gasteiger partial charge in [0.1, 0.15) is 0 Å². The second kappa shape index (κ2) is 5.51. The Morgan fingerprint density at radius 3 is 2.33 bits per heavy atom. The van der Waals surface area contributed by atoms with Gasteiger partial charge in [-0.1, -0.05) is 35.0 Å². The van der Waals surface area contributed by atoms with Crippen molar-refractivity contribution in [1.29, 1.82) is 0 Å². The highest BCUT2D eigenvalue weighted by molar-refractivity contribution is 6.00. The Kier molecular flexibility index (Phi) is 4.31. The van der Waals surface area contributed by atoms with Gasteiger partial charge in [0.05, 0.1) is 26.4 Å². The number of oxime groups is 1. The number of aryl methyl sites for hydroxylation is 1. The van der Waals surface area contributed by atoms with Crippen LogP contribution in [-0.2, 0) is 0 Å². The zero-order valence-electron chi connectivity index (χ0n) is 9.62. The SMILES string of the molecule is Cc1ccc(/C(CC[NH+](C)C)=N/O)cc1. The molecule has 0 saturated carbocycles. The van der Waals surface area contributed by atoms with Crippen molar-refractivity contribution in [3.05, 3.63) is 35.4 Å². The maximum atomic E-state index is 8.94. The third kappa shape index (κ3) is 3.72. The van der Waals surface area contributed by atoms with Crippen LogP contribution in [0.25, 0.3) is 0 Å². The van der Waals surface area contributed by atoms with Crippen molar-refractivity contribution >= 4 is 5.71 Å². The van der Waals surface area contributed by atoms with E-state index in [1.807, 2.05) is 31.2 Å². The van der Waals surface area contributed by atoms with E-state index in [1.165, 1.54) is 10.5 Å². The first kappa shape index (κ1) is 11.7. The first-order valence-electron chi connectivity index (χ1n) is 5.20. The molecule has 3 heteroatoms. The maximum Gasteiger partial charge on any atom is 0.0923 e. The molecule has 1 rings (SSSR count). The molecule has 0 fully saturated rings. The molecular weight excluding hydrogens is 188 g/mol. The molecule has 0 saturated heterocycles. The zero-order valence-corrected chi connectivity index (χ0v) is 9.62. The van der Waals surface area contributed by atoms with Crippen molar-refractivity contribution in [1.82, 2.24) is 0 Å². The summed E-state index contributed by atoms with van der Waals surface area (Å²) in [6.45, 7) is 3.01. The van der Waals surface area contributed by atoms with Crippen molar-refractivity contribution in [2.45, 2.75) is 13.3 Å². The Hall–Kier alpha value is -1.35. The number of rotatable bonds is 4. The minimum atomic E-state index is 0.760. The number of hydrogen-bond acceptors (Lipinski definition) is 2. The summed E-state index contributed by atoms with van der Waals surface area (Å²) in [6.07, 6.45) is 0.794. The minimum Gasteiger partial charge on any atom is -0.411 e. The van der Waals surface area contributed by atoms with E-state index in [0.717, 1.165) is 24.2 Å². The van der Waals surface area contributed by atoms with Crippen molar-refractivity contribution in [2.24, 2.45) is 5.16 Å². The molecule has 0 radical (unpaired) electrons. The van der Waals surface area contributed by atoms with Crippen molar-refractivity contribution in [2.75, 3.05) is 20.6 Å². The summed E-state index contributed by atoms with van der Waals surface area (Å²) in [5.41, 5.74) is 2.98. The van der Waals surface area contributed by atoms with Crippen LogP contribution in [0.1, 0.15) is 17.5 Å². The fraction of sp³-hybridized carbons (Fsp3) is 0.417. The van der Waals surface area contributed by atoms with E-state index < -0.39 is 0 Å². The third-order valence-electron chi connectivity index (χ3n) is 2.37.